The Kier molecular flexibility index (Phi) is 1.69. The Morgan fingerprint density at radius 2 is 2.36 bits per heavy atom. The van der Waals surface area contributed by atoms with Crippen LogP contribution in [0.1, 0.15) is 19.8 Å². The number of hydrogen-bond acceptors (Lipinski definition) is 2. The average Bonchev–Trinajstić information content (AvgIpc) is 2.22. The van der Waals surface area contributed by atoms with E-state index in [4.69, 9.17) is 0 Å². The average molecular weight is 154 g/mol. The molecule has 0 aromatic heterocycles. The molecule has 64 valence electrons. The van der Waals surface area contributed by atoms with Gasteiger partial charge in [-0.05, 0) is 31.8 Å². The molecule has 0 aromatic rings. The van der Waals surface area contributed by atoms with E-state index < -0.39 is 0 Å². The minimum Gasteiger partial charge on any atom is -0.312 e. The summed E-state index contributed by atoms with van der Waals surface area (Å²) in [6.45, 7) is 6.18. The van der Waals surface area contributed by atoms with Crippen molar-refractivity contribution in [3.63, 3.8) is 0 Å². The van der Waals surface area contributed by atoms with E-state index in [0.29, 0.717) is 5.41 Å². The van der Waals surface area contributed by atoms with Crippen molar-refractivity contribution in [3.05, 3.63) is 0 Å². The second kappa shape index (κ2) is 2.46. The van der Waals surface area contributed by atoms with Crippen LogP contribution in [0.5, 0.6) is 0 Å². The van der Waals surface area contributed by atoms with E-state index in [9.17, 15) is 0 Å². The van der Waals surface area contributed by atoms with Crippen molar-refractivity contribution in [2.75, 3.05) is 26.7 Å². The van der Waals surface area contributed by atoms with E-state index in [-0.39, 0.29) is 0 Å². The zero-order valence-corrected chi connectivity index (χ0v) is 7.56. The summed E-state index contributed by atoms with van der Waals surface area (Å²) in [5.41, 5.74) is 0.576. The minimum absolute atomic E-state index is 0.576. The van der Waals surface area contributed by atoms with Crippen molar-refractivity contribution < 1.29 is 0 Å². The molecule has 2 aliphatic heterocycles. The second-order valence-electron chi connectivity index (χ2n) is 4.46. The Bertz CT molecular complexity index is 158. The van der Waals surface area contributed by atoms with Gasteiger partial charge >= 0.3 is 0 Å². The number of likely N-dealkylation sites (N-methyl/N-ethyl adjacent to an activating group) is 1. The number of likely N-dealkylation sites (tertiary alicyclic amines) is 1. The quantitative estimate of drug-likeness (QED) is 0.552. The third kappa shape index (κ3) is 1.18. The molecule has 2 saturated heterocycles. The van der Waals surface area contributed by atoms with Crippen molar-refractivity contribution >= 4 is 0 Å². The number of fused-ring (bicyclic) bond motifs is 1. The Balaban J connectivity index is 2.11. The topological polar surface area (TPSA) is 15.3 Å². The van der Waals surface area contributed by atoms with Gasteiger partial charge in [0.05, 0.1) is 0 Å². The first kappa shape index (κ1) is 7.56. The number of hydrogen-bond donors (Lipinski definition) is 1. The van der Waals surface area contributed by atoms with E-state index >= 15 is 0 Å². The summed E-state index contributed by atoms with van der Waals surface area (Å²) < 4.78 is 0. The number of piperidine rings is 1. The predicted molar refractivity (Wildman–Crippen MR) is 46.6 cm³/mol. The molecule has 0 spiro atoms. The van der Waals surface area contributed by atoms with E-state index in [1.54, 1.807) is 0 Å². The van der Waals surface area contributed by atoms with Gasteiger partial charge in [-0.25, -0.2) is 0 Å². The van der Waals surface area contributed by atoms with Crippen molar-refractivity contribution in [1.29, 1.82) is 0 Å². The maximum atomic E-state index is 3.61. The molecule has 11 heavy (non-hydrogen) atoms. The highest BCUT2D eigenvalue weighted by atomic mass is 15.2. The molecule has 0 aliphatic carbocycles. The first-order valence-corrected chi connectivity index (χ1v) is 4.63. The lowest BCUT2D eigenvalue weighted by Crippen LogP contribution is -2.47. The SMILES string of the molecule is CN1C[C@H]2NCCC[C@@]2(C)C1. The van der Waals surface area contributed by atoms with Crippen LogP contribution in [0.3, 0.4) is 0 Å². The molecular formula is C9H18N2. The fraction of sp³-hybridized carbons (Fsp3) is 1.00. The Hall–Kier alpha value is -0.0800. The van der Waals surface area contributed by atoms with E-state index in [0.717, 1.165) is 6.04 Å². The van der Waals surface area contributed by atoms with E-state index in [2.05, 4.69) is 24.2 Å². The molecule has 2 atom stereocenters. The summed E-state index contributed by atoms with van der Waals surface area (Å²) in [5, 5.41) is 3.61. The van der Waals surface area contributed by atoms with Crippen LogP contribution >= 0.6 is 0 Å². The highest BCUT2D eigenvalue weighted by molar-refractivity contribution is 4.99. The van der Waals surface area contributed by atoms with Gasteiger partial charge in [0.2, 0.25) is 0 Å². The van der Waals surface area contributed by atoms with Crippen LogP contribution in [0.4, 0.5) is 0 Å². The number of nitrogens with zero attached hydrogens (tertiary/aromatic N) is 1. The molecule has 2 heterocycles. The number of nitrogens with one attached hydrogen (secondary N) is 1. The zero-order valence-electron chi connectivity index (χ0n) is 7.56. The Morgan fingerprint density at radius 1 is 1.55 bits per heavy atom. The minimum atomic E-state index is 0.576. The van der Waals surface area contributed by atoms with Crippen molar-refractivity contribution in [2.45, 2.75) is 25.8 Å². The fourth-order valence-electron chi connectivity index (χ4n) is 2.66. The summed E-state index contributed by atoms with van der Waals surface area (Å²) in [4.78, 5) is 2.45. The summed E-state index contributed by atoms with van der Waals surface area (Å²) in [6, 6.07) is 0.765. The van der Waals surface area contributed by atoms with Crippen molar-refractivity contribution in [2.24, 2.45) is 5.41 Å². The maximum absolute atomic E-state index is 3.61. The van der Waals surface area contributed by atoms with Gasteiger partial charge in [-0.2, -0.15) is 0 Å². The zero-order chi connectivity index (χ0) is 7.90. The molecular weight excluding hydrogens is 136 g/mol. The first-order chi connectivity index (χ1) is 5.21. The molecule has 2 nitrogen and oxygen atoms in total. The third-order valence-electron chi connectivity index (χ3n) is 3.28. The standard InChI is InChI=1S/C9H18N2/c1-9-4-3-5-10-8(9)6-11(2)7-9/h8,10H,3-7H2,1-2H3/t8-,9+/m1/s1. The summed E-state index contributed by atoms with van der Waals surface area (Å²) >= 11 is 0. The second-order valence-corrected chi connectivity index (χ2v) is 4.46. The summed E-state index contributed by atoms with van der Waals surface area (Å²) in [7, 11) is 2.23. The van der Waals surface area contributed by atoms with Crippen molar-refractivity contribution in [1.82, 2.24) is 10.2 Å². The lowest BCUT2D eigenvalue weighted by molar-refractivity contribution is 0.205. The smallest absolute Gasteiger partial charge is 0.0260 e. The molecule has 2 fully saturated rings. The van der Waals surface area contributed by atoms with Gasteiger partial charge in [-0.3, -0.25) is 0 Å². The molecule has 2 rings (SSSR count). The van der Waals surface area contributed by atoms with E-state index in [1.165, 1.54) is 32.5 Å². The molecule has 1 N–H and O–H groups in total. The molecule has 0 unspecified atom stereocenters. The van der Waals surface area contributed by atoms with Crippen LogP contribution in [0.15, 0.2) is 0 Å². The largest absolute Gasteiger partial charge is 0.312 e. The van der Waals surface area contributed by atoms with Crippen molar-refractivity contribution in [3.8, 4) is 0 Å². The number of rotatable bonds is 0. The van der Waals surface area contributed by atoms with Gasteiger partial charge in [-0.15, -0.1) is 0 Å². The van der Waals surface area contributed by atoms with Crippen LogP contribution in [-0.4, -0.2) is 37.6 Å². The Labute approximate surface area is 69.0 Å². The van der Waals surface area contributed by atoms with Crippen LogP contribution in [0.2, 0.25) is 0 Å². The van der Waals surface area contributed by atoms with Crippen LogP contribution in [-0.2, 0) is 0 Å². The van der Waals surface area contributed by atoms with Crippen LogP contribution in [0, 0.1) is 5.41 Å². The van der Waals surface area contributed by atoms with Gasteiger partial charge in [0.1, 0.15) is 0 Å². The molecule has 2 aliphatic rings. The lowest BCUT2D eigenvalue weighted by atomic mass is 9.78. The third-order valence-corrected chi connectivity index (χ3v) is 3.28. The first-order valence-electron chi connectivity index (χ1n) is 4.63. The van der Waals surface area contributed by atoms with Gasteiger partial charge in [0.25, 0.3) is 0 Å². The van der Waals surface area contributed by atoms with Gasteiger partial charge in [0.15, 0.2) is 0 Å². The maximum Gasteiger partial charge on any atom is 0.0260 e. The molecule has 0 amide bonds. The Morgan fingerprint density at radius 3 is 3.09 bits per heavy atom. The molecule has 0 saturated carbocycles. The van der Waals surface area contributed by atoms with Crippen LogP contribution in [0.25, 0.3) is 0 Å². The van der Waals surface area contributed by atoms with Crippen LogP contribution < -0.4 is 5.32 Å². The molecule has 0 bridgehead atoms. The molecule has 2 heteroatoms. The highest BCUT2D eigenvalue weighted by Crippen LogP contribution is 2.36. The highest BCUT2D eigenvalue weighted by Gasteiger charge is 2.42. The van der Waals surface area contributed by atoms with Gasteiger partial charge in [-0.1, -0.05) is 6.92 Å². The molecule has 0 aromatic carbocycles. The fourth-order valence-corrected chi connectivity index (χ4v) is 2.66. The van der Waals surface area contributed by atoms with E-state index in [1.807, 2.05) is 0 Å². The summed E-state index contributed by atoms with van der Waals surface area (Å²) in [5.74, 6) is 0. The molecule has 0 radical (unpaired) electrons. The summed E-state index contributed by atoms with van der Waals surface area (Å²) in [6.07, 6.45) is 2.77. The monoisotopic (exact) mass is 154 g/mol. The lowest BCUT2D eigenvalue weighted by Gasteiger charge is -2.35. The van der Waals surface area contributed by atoms with Gasteiger partial charge < -0.3 is 10.2 Å². The normalized spacial score (nSPS) is 45.8. The predicted octanol–water partition coefficient (Wildman–Crippen LogP) is 0.690. The van der Waals surface area contributed by atoms with Gasteiger partial charge in [0, 0.05) is 19.1 Å².